The van der Waals surface area contributed by atoms with Gasteiger partial charge in [-0.3, -0.25) is 4.79 Å². The Morgan fingerprint density at radius 1 is 1.10 bits per heavy atom. The van der Waals surface area contributed by atoms with E-state index >= 15 is 0 Å². The summed E-state index contributed by atoms with van der Waals surface area (Å²) in [5, 5.41) is 2.87. The van der Waals surface area contributed by atoms with Gasteiger partial charge in [-0.25, -0.2) is 4.39 Å². The molecule has 0 aliphatic carbocycles. The molecule has 4 heteroatoms. The van der Waals surface area contributed by atoms with Gasteiger partial charge in [-0.15, -0.1) is 0 Å². The molecule has 1 aromatic carbocycles. The first-order chi connectivity index (χ1) is 10.3. The van der Waals surface area contributed by atoms with Crippen LogP contribution in [0.4, 0.5) is 4.39 Å². The average Bonchev–Trinajstić information content (AvgIpc) is 3.00. The maximum Gasteiger partial charge on any atom is 0.220 e. The third-order valence-corrected chi connectivity index (χ3v) is 3.33. The summed E-state index contributed by atoms with van der Waals surface area (Å²) in [7, 11) is 0. The first kappa shape index (κ1) is 15.3. The number of benzene rings is 1. The van der Waals surface area contributed by atoms with Crippen molar-refractivity contribution in [1.29, 1.82) is 0 Å². The average molecular weight is 289 g/mol. The van der Waals surface area contributed by atoms with Crippen molar-refractivity contribution in [2.75, 3.05) is 6.54 Å². The van der Waals surface area contributed by atoms with Crippen molar-refractivity contribution in [3.8, 4) is 0 Å². The van der Waals surface area contributed by atoms with Crippen molar-refractivity contribution in [1.82, 2.24) is 5.32 Å². The summed E-state index contributed by atoms with van der Waals surface area (Å²) in [5.41, 5.74) is 0.738. The van der Waals surface area contributed by atoms with Crippen LogP contribution in [0.3, 0.4) is 0 Å². The van der Waals surface area contributed by atoms with Gasteiger partial charge in [0.25, 0.3) is 0 Å². The molecule has 0 atom stereocenters. The molecule has 0 unspecified atom stereocenters. The number of hydrogen-bond donors (Lipinski definition) is 1. The van der Waals surface area contributed by atoms with E-state index in [2.05, 4.69) is 5.32 Å². The molecule has 1 amide bonds. The van der Waals surface area contributed by atoms with Gasteiger partial charge in [-0.1, -0.05) is 18.2 Å². The Hall–Kier alpha value is -2.10. The van der Waals surface area contributed by atoms with E-state index in [0.29, 0.717) is 25.8 Å². The summed E-state index contributed by atoms with van der Waals surface area (Å²) >= 11 is 0. The van der Waals surface area contributed by atoms with Crippen LogP contribution in [0.5, 0.6) is 0 Å². The molecule has 1 aromatic heterocycles. The molecule has 1 heterocycles. The van der Waals surface area contributed by atoms with Crippen molar-refractivity contribution in [3.05, 3.63) is 59.8 Å². The van der Waals surface area contributed by atoms with Crippen molar-refractivity contribution in [2.24, 2.45) is 0 Å². The lowest BCUT2D eigenvalue weighted by Crippen LogP contribution is -2.24. The van der Waals surface area contributed by atoms with Gasteiger partial charge in [-0.05, 0) is 43.0 Å². The molecule has 0 radical (unpaired) electrons. The topological polar surface area (TPSA) is 42.2 Å². The highest BCUT2D eigenvalue weighted by atomic mass is 19.1. The van der Waals surface area contributed by atoms with Gasteiger partial charge in [0.05, 0.1) is 6.26 Å². The molecular weight excluding hydrogens is 269 g/mol. The lowest BCUT2D eigenvalue weighted by atomic mass is 10.1. The number of amides is 1. The molecule has 0 aliphatic heterocycles. The third kappa shape index (κ3) is 5.42. The Balaban J connectivity index is 1.55. The molecule has 2 aromatic rings. The largest absolute Gasteiger partial charge is 0.469 e. The number of hydrogen-bond acceptors (Lipinski definition) is 2. The Bertz CT molecular complexity index is 552. The molecule has 3 nitrogen and oxygen atoms in total. The summed E-state index contributed by atoms with van der Waals surface area (Å²) in [5.74, 6) is 0.696. The van der Waals surface area contributed by atoms with Crippen LogP contribution in [0.1, 0.15) is 30.6 Å². The second-order valence-corrected chi connectivity index (χ2v) is 4.98. The van der Waals surface area contributed by atoms with Crippen LogP contribution < -0.4 is 5.32 Å². The molecular formula is C17H20FNO2. The van der Waals surface area contributed by atoms with Gasteiger partial charge < -0.3 is 9.73 Å². The highest BCUT2D eigenvalue weighted by molar-refractivity contribution is 5.75. The van der Waals surface area contributed by atoms with Crippen molar-refractivity contribution < 1.29 is 13.6 Å². The highest BCUT2D eigenvalue weighted by Crippen LogP contribution is 2.09. The first-order valence-electron chi connectivity index (χ1n) is 7.28. The van der Waals surface area contributed by atoms with Crippen molar-refractivity contribution >= 4 is 5.91 Å². The van der Waals surface area contributed by atoms with Gasteiger partial charge in [0.15, 0.2) is 0 Å². The molecule has 0 aliphatic rings. The van der Waals surface area contributed by atoms with E-state index in [1.165, 1.54) is 6.07 Å². The van der Waals surface area contributed by atoms with Gasteiger partial charge >= 0.3 is 0 Å². The summed E-state index contributed by atoms with van der Waals surface area (Å²) in [6, 6.07) is 10.5. The van der Waals surface area contributed by atoms with Crippen LogP contribution in [-0.4, -0.2) is 12.5 Å². The van der Waals surface area contributed by atoms with Gasteiger partial charge in [0, 0.05) is 19.4 Å². The van der Waals surface area contributed by atoms with Crippen LogP contribution in [0.15, 0.2) is 47.1 Å². The van der Waals surface area contributed by atoms with Crippen molar-refractivity contribution in [2.45, 2.75) is 32.1 Å². The van der Waals surface area contributed by atoms with Crippen LogP contribution >= 0.6 is 0 Å². The monoisotopic (exact) mass is 289 g/mol. The summed E-state index contributed by atoms with van der Waals surface area (Å²) in [6.45, 7) is 0.630. The predicted molar refractivity (Wildman–Crippen MR) is 79.4 cm³/mol. The Morgan fingerprint density at radius 3 is 2.71 bits per heavy atom. The fourth-order valence-corrected chi connectivity index (χ4v) is 2.15. The molecule has 0 bridgehead atoms. The number of carbonyl (C=O) groups excluding carboxylic acids is 1. The quantitative estimate of drug-likeness (QED) is 0.756. The number of halogens is 1. The fraction of sp³-hybridized carbons (Fsp3) is 0.353. The number of unbranched alkanes of at least 4 members (excludes halogenated alkanes) is 1. The zero-order valence-corrected chi connectivity index (χ0v) is 12.0. The normalized spacial score (nSPS) is 10.5. The molecule has 0 saturated heterocycles. The number of rotatable bonds is 8. The molecule has 0 spiro atoms. The molecule has 112 valence electrons. The van der Waals surface area contributed by atoms with Crippen LogP contribution in [-0.2, 0) is 17.6 Å². The zero-order valence-electron chi connectivity index (χ0n) is 12.0. The number of nitrogens with one attached hydrogen (secondary N) is 1. The van der Waals surface area contributed by atoms with E-state index in [1.807, 2.05) is 18.2 Å². The highest BCUT2D eigenvalue weighted by Gasteiger charge is 2.04. The molecule has 2 rings (SSSR count). The minimum Gasteiger partial charge on any atom is -0.469 e. The fourth-order valence-electron chi connectivity index (χ4n) is 2.15. The number of aryl methyl sites for hydroxylation is 2. The standard InChI is InChI=1S/C17H20FNO2/c18-16-9-2-1-6-14(16)7-3-4-12-19-17(20)11-10-15-8-5-13-21-15/h1-2,5-6,8-9,13H,3-4,7,10-12H2,(H,19,20). The van der Waals surface area contributed by atoms with E-state index < -0.39 is 0 Å². The van der Waals surface area contributed by atoms with E-state index in [-0.39, 0.29) is 11.7 Å². The van der Waals surface area contributed by atoms with Gasteiger partial charge in [-0.2, -0.15) is 0 Å². The number of carbonyl (C=O) groups is 1. The van der Waals surface area contributed by atoms with E-state index in [1.54, 1.807) is 18.4 Å². The predicted octanol–water partition coefficient (Wildman–Crippen LogP) is 3.49. The first-order valence-corrected chi connectivity index (χ1v) is 7.28. The minimum atomic E-state index is -0.153. The van der Waals surface area contributed by atoms with Gasteiger partial charge in [0.2, 0.25) is 5.91 Å². The Morgan fingerprint density at radius 2 is 1.95 bits per heavy atom. The zero-order chi connectivity index (χ0) is 14.9. The second kappa shape index (κ2) is 8.25. The van der Waals surface area contributed by atoms with Crippen LogP contribution in [0.2, 0.25) is 0 Å². The lowest BCUT2D eigenvalue weighted by molar-refractivity contribution is -0.121. The van der Waals surface area contributed by atoms with Crippen LogP contribution in [0, 0.1) is 5.82 Å². The summed E-state index contributed by atoms with van der Waals surface area (Å²) in [6.07, 6.45) is 5.07. The summed E-state index contributed by atoms with van der Waals surface area (Å²) < 4.78 is 18.6. The maximum absolute atomic E-state index is 13.4. The lowest BCUT2D eigenvalue weighted by Gasteiger charge is -2.05. The van der Waals surface area contributed by atoms with E-state index in [0.717, 1.165) is 24.2 Å². The van der Waals surface area contributed by atoms with Crippen molar-refractivity contribution in [3.63, 3.8) is 0 Å². The smallest absolute Gasteiger partial charge is 0.220 e. The second-order valence-electron chi connectivity index (χ2n) is 4.98. The molecule has 0 fully saturated rings. The van der Waals surface area contributed by atoms with Gasteiger partial charge in [0.1, 0.15) is 11.6 Å². The summed E-state index contributed by atoms with van der Waals surface area (Å²) in [4.78, 5) is 11.6. The Kier molecular flexibility index (Phi) is 6.00. The number of furan rings is 1. The third-order valence-electron chi connectivity index (χ3n) is 3.33. The Labute approximate surface area is 124 Å². The molecule has 21 heavy (non-hydrogen) atoms. The van der Waals surface area contributed by atoms with E-state index in [9.17, 15) is 9.18 Å². The molecule has 0 saturated carbocycles. The van der Waals surface area contributed by atoms with E-state index in [4.69, 9.17) is 4.42 Å². The maximum atomic E-state index is 13.4. The SMILES string of the molecule is O=C(CCc1ccco1)NCCCCc1ccccc1F. The minimum absolute atomic E-state index is 0.0253. The van der Waals surface area contributed by atoms with Crippen LogP contribution in [0.25, 0.3) is 0 Å². The molecule has 1 N–H and O–H groups in total.